The molecule has 2 aromatic carbocycles. The highest BCUT2D eigenvalue weighted by Gasteiger charge is 2.16. The van der Waals surface area contributed by atoms with Crippen LogP contribution in [0.5, 0.6) is 11.5 Å². The fraction of sp³-hybridized carbons (Fsp3) is 0.217. The van der Waals surface area contributed by atoms with Crippen molar-refractivity contribution in [1.82, 2.24) is 15.1 Å². The van der Waals surface area contributed by atoms with Gasteiger partial charge in [-0.05, 0) is 50.2 Å². The summed E-state index contributed by atoms with van der Waals surface area (Å²) in [5.41, 5.74) is 2.85. The maximum atomic E-state index is 12.3. The second-order valence-electron chi connectivity index (χ2n) is 7.38. The zero-order chi connectivity index (χ0) is 24.2. The fourth-order valence-corrected chi connectivity index (χ4v) is 3.39. The number of ether oxygens (including phenoxy) is 3. The van der Waals surface area contributed by atoms with Crippen molar-refractivity contribution in [2.45, 2.75) is 13.8 Å². The normalized spacial score (nSPS) is 12.1. The fourth-order valence-electron chi connectivity index (χ4n) is 3.27. The molecule has 1 aliphatic heterocycles. The van der Waals surface area contributed by atoms with E-state index in [0.717, 1.165) is 11.4 Å². The molecule has 10 nitrogen and oxygen atoms in total. The molecular formula is C23H21ClN4O6. The Morgan fingerprint density at radius 3 is 2.44 bits per heavy atom. The summed E-state index contributed by atoms with van der Waals surface area (Å²) in [7, 11) is 0. The lowest BCUT2D eigenvalue weighted by Crippen LogP contribution is -2.37. The molecule has 0 saturated heterocycles. The summed E-state index contributed by atoms with van der Waals surface area (Å²) in [5.74, 6) is -0.416. The SMILES string of the molecule is Cc1nn(-c2ccc(C(=O)OCC(=O)NC(=O)Nc3ccc4c(c3)OCCO4)cc2)c(C)c1Cl. The first-order valence-electron chi connectivity index (χ1n) is 10.3. The molecule has 2 N–H and O–H groups in total. The molecule has 0 fully saturated rings. The van der Waals surface area contributed by atoms with E-state index in [-0.39, 0.29) is 5.56 Å². The van der Waals surface area contributed by atoms with E-state index in [1.54, 1.807) is 54.1 Å². The van der Waals surface area contributed by atoms with Crippen molar-refractivity contribution in [1.29, 1.82) is 0 Å². The Labute approximate surface area is 199 Å². The second kappa shape index (κ2) is 9.84. The Morgan fingerprint density at radius 2 is 1.76 bits per heavy atom. The van der Waals surface area contributed by atoms with E-state index < -0.39 is 24.5 Å². The number of benzene rings is 2. The van der Waals surface area contributed by atoms with Crippen LogP contribution in [0.4, 0.5) is 10.5 Å². The van der Waals surface area contributed by atoms with Gasteiger partial charge in [-0.15, -0.1) is 0 Å². The monoisotopic (exact) mass is 484 g/mol. The van der Waals surface area contributed by atoms with E-state index >= 15 is 0 Å². The number of aryl methyl sites for hydroxylation is 1. The Morgan fingerprint density at radius 1 is 1.06 bits per heavy atom. The third-order valence-electron chi connectivity index (χ3n) is 4.94. The molecule has 0 spiro atoms. The van der Waals surface area contributed by atoms with Gasteiger partial charge in [-0.1, -0.05) is 11.6 Å². The van der Waals surface area contributed by atoms with Crippen LogP contribution in [0, 0.1) is 13.8 Å². The topological polar surface area (TPSA) is 121 Å². The van der Waals surface area contributed by atoms with Gasteiger partial charge in [0, 0.05) is 11.8 Å². The highest BCUT2D eigenvalue weighted by Crippen LogP contribution is 2.32. The first-order chi connectivity index (χ1) is 16.3. The van der Waals surface area contributed by atoms with Crippen molar-refractivity contribution in [2.75, 3.05) is 25.1 Å². The molecule has 0 radical (unpaired) electrons. The number of urea groups is 1. The summed E-state index contributed by atoms with van der Waals surface area (Å²) in [6.45, 7) is 3.89. The number of nitrogens with one attached hydrogen (secondary N) is 2. The molecule has 1 aliphatic rings. The third-order valence-corrected chi connectivity index (χ3v) is 5.48. The number of hydrogen-bond donors (Lipinski definition) is 2. The van der Waals surface area contributed by atoms with E-state index in [2.05, 4.69) is 15.7 Å². The van der Waals surface area contributed by atoms with Crippen LogP contribution < -0.4 is 20.1 Å². The van der Waals surface area contributed by atoms with Crippen LogP contribution in [0.3, 0.4) is 0 Å². The zero-order valence-electron chi connectivity index (χ0n) is 18.4. The molecular weight excluding hydrogens is 464 g/mol. The summed E-state index contributed by atoms with van der Waals surface area (Å²) in [6, 6.07) is 10.6. The number of carbonyl (C=O) groups excluding carboxylic acids is 3. The first kappa shape index (κ1) is 23.1. The number of aromatic nitrogens is 2. The molecule has 11 heteroatoms. The molecule has 3 aromatic rings. The third kappa shape index (κ3) is 5.12. The van der Waals surface area contributed by atoms with Crippen molar-refractivity contribution in [3.8, 4) is 17.2 Å². The highest BCUT2D eigenvalue weighted by atomic mass is 35.5. The Balaban J connectivity index is 1.27. The Hall–Kier alpha value is -4.05. The predicted molar refractivity (Wildman–Crippen MR) is 123 cm³/mol. The van der Waals surface area contributed by atoms with Gasteiger partial charge < -0.3 is 19.5 Å². The van der Waals surface area contributed by atoms with E-state index in [9.17, 15) is 14.4 Å². The van der Waals surface area contributed by atoms with E-state index in [1.165, 1.54) is 0 Å². The van der Waals surface area contributed by atoms with Crippen molar-refractivity contribution in [2.24, 2.45) is 0 Å². The van der Waals surface area contributed by atoms with E-state index in [1.807, 2.05) is 6.92 Å². The molecule has 3 amide bonds. The number of rotatable bonds is 5. The Bertz CT molecular complexity index is 1260. The van der Waals surface area contributed by atoms with Gasteiger partial charge in [0.2, 0.25) is 0 Å². The van der Waals surface area contributed by atoms with Crippen molar-refractivity contribution >= 4 is 35.2 Å². The molecule has 1 aromatic heterocycles. The molecule has 0 unspecified atom stereocenters. The number of imide groups is 1. The number of halogens is 1. The van der Waals surface area contributed by atoms with Crippen LogP contribution in [-0.2, 0) is 9.53 Å². The molecule has 0 atom stereocenters. The minimum atomic E-state index is -0.780. The average molecular weight is 485 g/mol. The van der Waals surface area contributed by atoms with Crippen molar-refractivity contribution in [3.63, 3.8) is 0 Å². The number of amides is 3. The van der Waals surface area contributed by atoms with Crippen molar-refractivity contribution in [3.05, 3.63) is 64.4 Å². The van der Waals surface area contributed by atoms with E-state index in [0.29, 0.717) is 41.1 Å². The molecule has 176 valence electrons. The van der Waals surface area contributed by atoms with E-state index in [4.69, 9.17) is 25.8 Å². The van der Waals surface area contributed by atoms with Crippen molar-refractivity contribution < 1.29 is 28.6 Å². The summed E-state index contributed by atoms with van der Waals surface area (Å²) in [4.78, 5) is 36.3. The van der Waals surface area contributed by atoms with Gasteiger partial charge in [-0.25, -0.2) is 14.3 Å². The van der Waals surface area contributed by atoms with Gasteiger partial charge in [-0.2, -0.15) is 5.10 Å². The lowest BCUT2D eigenvalue weighted by molar-refractivity contribution is -0.123. The Kier molecular flexibility index (Phi) is 6.69. The standard InChI is InChI=1S/C23H21ClN4O6/c1-13-21(24)14(2)28(27-13)17-6-3-15(4-7-17)22(30)34-12-20(29)26-23(31)25-16-5-8-18-19(11-16)33-10-9-32-18/h3-8,11H,9-10,12H2,1-2H3,(H2,25,26,29,31). The van der Waals surface area contributed by atoms with Crippen LogP contribution in [0.1, 0.15) is 21.7 Å². The molecule has 0 saturated carbocycles. The predicted octanol–water partition coefficient (Wildman–Crippen LogP) is 3.42. The minimum absolute atomic E-state index is 0.241. The van der Waals surface area contributed by atoms with Crippen LogP contribution in [0.2, 0.25) is 5.02 Å². The van der Waals surface area contributed by atoms with Gasteiger partial charge in [0.25, 0.3) is 5.91 Å². The number of esters is 1. The van der Waals surface area contributed by atoms with Gasteiger partial charge in [0.15, 0.2) is 18.1 Å². The number of carbonyl (C=O) groups is 3. The molecule has 2 heterocycles. The largest absolute Gasteiger partial charge is 0.486 e. The number of anilines is 1. The smallest absolute Gasteiger partial charge is 0.338 e. The van der Waals surface area contributed by atoms with Crippen LogP contribution in [-0.4, -0.2) is 47.5 Å². The summed E-state index contributed by atoms with van der Waals surface area (Å²) < 4.78 is 17.5. The number of nitrogens with zero attached hydrogens (tertiary/aromatic N) is 2. The van der Waals surface area contributed by atoms with Crippen LogP contribution in [0.15, 0.2) is 42.5 Å². The zero-order valence-corrected chi connectivity index (χ0v) is 19.1. The molecule has 4 rings (SSSR count). The quantitative estimate of drug-likeness (QED) is 0.532. The van der Waals surface area contributed by atoms with Gasteiger partial charge in [0.1, 0.15) is 13.2 Å². The molecule has 0 bridgehead atoms. The summed E-state index contributed by atoms with van der Waals surface area (Å²) in [5, 5.41) is 9.54. The van der Waals surface area contributed by atoms with Gasteiger partial charge >= 0.3 is 12.0 Å². The average Bonchev–Trinajstić information content (AvgIpc) is 3.09. The number of fused-ring (bicyclic) bond motifs is 1. The molecule has 34 heavy (non-hydrogen) atoms. The molecule has 0 aliphatic carbocycles. The summed E-state index contributed by atoms with van der Waals surface area (Å²) >= 11 is 6.18. The maximum Gasteiger partial charge on any atom is 0.338 e. The van der Waals surface area contributed by atoms with Crippen LogP contribution in [0.25, 0.3) is 5.69 Å². The minimum Gasteiger partial charge on any atom is -0.486 e. The second-order valence-corrected chi connectivity index (χ2v) is 7.76. The van der Waals surface area contributed by atoms with Crippen LogP contribution >= 0.6 is 11.6 Å². The maximum absolute atomic E-state index is 12.3. The summed E-state index contributed by atoms with van der Waals surface area (Å²) in [6.07, 6.45) is 0. The lowest BCUT2D eigenvalue weighted by atomic mass is 10.2. The first-order valence-corrected chi connectivity index (χ1v) is 10.7. The lowest BCUT2D eigenvalue weighted by Gasteiger charge is -2.19. The highest BCUT2D eigenvalue weighted by molar-refractivity contribution is 6.31. The number of hydrogen-bond acceptors (Lipinski definition) is 7. The van der Waals surface area contributed by atoms with Gasteiger partial charge in [-0.3, -0.25) is 10.1 Å². The van der Waals surface area contributed by atoms with Gasteiger partial charge in [0.05, 0.1) is 27.7 Å².